The van der Waals surface area contributed by atoms with Crippen molar-refractivity contribution in [2.45, 2.75) is 51.2 Å². The highest BCUT2D eigenvalue weighted by Crippen LogP contribution is 2.29. The molecule has 2 saturated heterocycles. The summed E-state index contributed by atoms with van der Waals surface area (Å²) < 4.78 is 5.87. The fourth-order valence-corrected chi connectivity index (χ4v) is 4.16. The van der Waals surface area contributed by atoms with Crippen LogP contribution in [0.25, 0.3) is 11.0 Å². The Morgan fingerprint density at radius 1 is 1.19 bits per heavy atom. The lowest BCUT2D eigenvalue weighted by atomic mass is 9.98. The van der Waals surface area contributed by atoms with Gasteiger partial charge in [-0.1, -0.05) is 24.6 Å². The summed E-state index contributed by atoms with van der Waals surface area (Å²) in [6.45, 7) is 5.58. The molecule has 2 fully saturated rings. The number of nitrogens with zero attached hydrogens (tertiary/aromatic N) is 1. The van der Waals surface area contributed by atoms with Crippen molar-refractivity contribution in [3.63, 3.8) is 0 Å². The maximum absolute atomic E-state index is 5.87. The highest BCUT2D eigenvalue weighted by Gasteiger charge is 2.35. The van der Waals surface area contributed by atoms with E-state index in [9.17, 15) is 0 Å². The van der Waals surface area contributed by atoms with Crippen LogP contribution in [0.1, 0.15) is 37.0 Å². The van der Waals surface area contributed by atoms with E-state index in [4.69, 9.17) is 4.42 Å². The molecule has 0 aliphatic carbocycles. The van der Waals surface area contributed by atoms with Crippen LogP contribution in [0, 0.1) is 6.92 Å². The number of aryl methyl sites for hydroxylation is 1. The Kier molecular flexibility index (Phi) is 3.48. The van der Waals surface area contributed by atoms with Gasteiger partial charge in [-0.15, -0.1) is 0 Å². The summed E-state index contributed by atoms with van der Waals surface area (Å²) in [6, 6.07) is 9.78. The third-order valence-corrected chi connectivity index (χ3v) is 5.30. The molecule has 0 saturated carbocycles. The molecule has 112 valence electrons. The minimum Gasteiger partial charge on any atom is -0.461 e. The molecule has 21 heavy (non-hydrogen) atoms. The summed E-state index contributed by atoms with van der Waals surface area (Å²) in [4.78, 5) is 2.68. The first kappa shape index (κ1) is 13.4. The molecule has 0 amide bonds. The first-order valence-electron chi connectivity index (χ1n) is 8.27. The van der Waals surface area contributed by atoms with E-state index in [1.807, 2.05) is 6.07 Å². The largest absolute Gasteiger partial charge is 0.461 e. The second kappa shape index (κ2) is 5.47. The molecule has 2 aliphatic heterocycles. The third-order valence-electron chi connectivity index (χ3n) is 5.30. The van der Waals surface area contributed by atoms with Crippen LogP contribution in [-0.4, -0.2) is 30.1 Å². The molecule has 2 aromatic rings. The Morgan fingerprint density at radius 2 is 2.10 bits per heavy atom. The molecular weight excluding hydrogens is 260 g/mol. The first-order valence-corrected chi connectivity index (χ1v) is 8.27. The van der Waals surface area contributed by atoms with Crippen LogP contribution in [0.2, 0.25) is 0 Å². The molecule has 1 aromatic carbocycles. The zero-order valence-corrected chi connectivity index (χ0v) is 12.8. The van der Waals surface area contributed by atoms with Crippen LogP contribution in [-0.2, 0) is 6.54 Å². The molecular formula is C18H24N2O. The van der Waals surface area contributed by atoms with Gasteiger partial charge < -0.3 is 9.73 Å². The van der Waals surface area contributed by atoms with E-state index in [0.717, 1.165) is 23.9 Å². The zero-order valence-electron chi connectivity index (χ0n) is 12.8. The number of fused-ring (bicyclic) bond motifs is 2. The van der Waals surface area contributed by atoms with E-state index in [1.54, 1.807) is 0 Å². The second-order valence-electron chi connectivity index (χ2n) is 6.51. The van der Waals surface area contributed by atoms with Gasteiger partial charge in [-0.05, 0) is 38.8 Å². The summed E-state index contributed by atoms with van der Waals surface area (Å²) in [6.07, 6.45) is 5.43. The molecule has 3 heteroatoms. The van der Waals surface area contributed by atoms with E-state index in [2.05, 4.69) is 35.3 Å². The molecule has 3 heterocycles. The zero-order chi connectivity index (χ0) is 14.2. The topological polar surface area (TPSA) is 28.4 Å². The Morgan fingerprint density at radius 3 is 3.05 bits per heavy atom. The number of hydrogen-bond donors (Lipinski definition) is 1. The smallest absolute Gasteiger partial charge is 0.134 e. The highest BCUT2D eigenvalue weighted by atomic mass is 16.3. The Labute approximate surface area is 126 Å². The Bertz CT molecular complexity index is 633. The molecule has 2 atom stereocenters. The SMILES string of the molecule is Cc1oc2ccccc2c1CNC1CCN2CCCCC12. The van der Waals surface area contributed by atoms with Crippen LogP contribution < -0.4 is 5.32 Å². The van der Waals surface area contributed by atoms with Crippen molar-refractivity contribution in [2.75, 3.05) is 13.1 Å². The van der Waals surface area contributed by atoms with Gasteiger partial charge in [0, 0.05) is 36.1 Å². The van der Waals surface area contributed by atoms with Gasteiger partial charge in [0.2, 0.25) is 0 Å². The van der Waals surface area contributed by atoms with Crippen molar-refractivity contribution in [2.24, 2.45) is 0 Å². The van der Waals surface area contributed by atoms with Gasteiger partial charge in [0.05, 0.1) is 0 Å². The van der Waals surface area contributed by atoms with Crippen molar-refractivity contribution >= 4 is 11.0 Å². The summed E-state index contributed by atoms with van der Waals surface area (Å²) >= 11 is 0. The predicted molar refractivity (Wildman–Crippen MR) is 85.4 cm³/mol. The van der Waals surface area contributed by atoms with Gasteiger partial charge in [0.1, 0.15) is 11.3 Å². The van der Waals surface area contributed by atoms with Crippen LogP contribution in [0.3, 0.4) is 0 Å². The maximum atomic E-state index is 5.87. The lowest BCUT2D eigenvalue weighted by molar-refractivity contribution is 0.180. The van der Waals surface area contributed by atoms with Crippen molar-refractivity contribution in [3.8, 4) is 0 Å². The minimum absolute atomic E-state index is 0.651. The van der Waals surface area contributed by atoms with Gasteiger partial charge in [-0.25, -0.2) is 0 Å². The van der Waals surface area contributed by atoms with Crippen LogP contribution in [0.4, 0.5) is 0 Å². The van der Waals surface area contributed by atoms with E-state index in [1.165, 1.54) is 49.7 Å². The number of rotatable bonds is 3. The lowest BCUT2D eigenvalue weighted by Crippen LogP contribution is -2.44. The van der Waals surface area contributed by atoms with E-state index in [0.29, 0.717) is 6.04 Å². The Hall–Kier alpha value is -1.32. The predicted octanol–water partition coefficient (Wildman–Crippen LogP) is 3.46. The van der Waals surface area contributed by atoms with Crippen molar-refractivity contribution in [1.82, 2.24) is 10.2 Å². The monoisotopic (exact) mass is 284 g/mol. The highest BCUT2D eigenvalue weighted by molar-refractivity contribution is 5.82. The van der Waals surface area contributed by atoms with Crippen LogP contribution in [0.5, 0.6) is 0 Å². The fourth-order valence-electron chi connectivity index (χ4n) is 4.16. The summed E-state index contributed by atoms with van der Waals surface area (Å²) in [5.41, 5.74) is 2.34. The molecule has 0 radical (unpaired) electrons. The molecule has 2 unspecified atom stereocenters. The Balaban J connectivity index is 1.50. The van der Waals surface area contributed by atoms with Gasteiger partial charge in [-0.2, -0.15) is 0 Å². The lowest BCUT2D eigenvalue weighted by Gasteiger charge is -2.32. The maximum Gasteiger partial charge on any atom is 0.134 e. The number of piperidine rings is 1. The van der Waals surface area contributed by atoms with E-state index < -0.39 is 0 Å². The number of hydrogen-bond acceptors (Lipinski definition) is 3. The summed E-state index contributed by atoms with van der Waals surface area (Å²) in [5, 5.41) is 5.08. The fraction of sp³-hybridized carbons (Fsp3) is 0.556. The molecule has 2 aliphatic rings. The van der Waals surface area contributed by atoms with E-state index in [-0.39, 0.29) is 0 Å². The van der Waals surface area contributed by atoms with Gasteiger partial charge in [0.25, 0.3) is 0 Å². The third kappa shape index (κ3) is 2.39. The summed E-state index contributed by atoms with van der Waals surface area (Å²) in [7, 11) is 0. The summed E-state index contributed by atoms with van der Waals surface area (Å²) in [5.74, 6) is 1.06. The number of furan rings is 1. The van der Waals surface area contributed by atoms with E-state index >= 15 is 0 Å². The van der Waals surface area contributed by atoms with Crippen LogP contribution in [0.15, 0.2) is 28.7 Å². The number of para-hydroxylation sites is 1. The van der Waals surface area contributed by atoms with Gasteiger partial charge in [0.15, 0.2) is 0 Å². The molecule has 4 rings (SSSR count). The minimum atomic E-state index is 0.651. The second-order valence-corrected chi connectivity index (χ2v) is 6.51. The molecule has 1 aromatic heterocycles. The molecule has 1 N–H and O–H groups in total. The molecule has 0 bridgehead atoms. The average Bonchev–Trinajstić information content (AvgIpc) is 3.06. The van der Waals surface area contributed by atoms with Crippen molar-refractivity contribution in [3.05, 3.63) is 35.6 Å². The average molecular weight is 284 g/mol. The van der Waals surface area contributed by atoms with Gasteiger partial charge in [-0.3, -0.25) is 4.90 Å². The van der Waals surface area contributed by atoms with Crippen molar-refractivity contribution in [1.29, 1.82) is 0 Å². The first-order chi connectivity index (χ1) is 10.3. The normalized spacial score (nSPS) is 26.3. The quantitative estimate of drug-likeness (QED) is 0.935. The van der Waals surface area contributed by atoms with Gasteiger partial charge >= 0.3 is 0 Å². The molecule has 0 spiro atoms. The standard InChI is InChI=1S/C18H24N2O/c1-13-15(14-6-2-3-8-18(14)21-13)12-19-16-9-11-20-10-5-4-7-17(16)20/h2-3,6,8,16-17,19H,4-5,7,9-12H2,1H3. The number of nitrogens with one attached hydrogen (secondary N) is 1. The van der Waals surface area contributed by atoms with Crippen molar-refractivity contribution < 1.29 is 4.42 Å². The van der Waals surface area contributed by atoms with Crippen LogP contribution >= 0.6 is 0 Å². The molecule has 3 nitrogen and oxygen atoms in total. The number of benzene rings is 1.